The molecule has 0 amide bonds. The lowest BCUT2D eigenvalue weighted by Gasteiger charge is -2.14. The summed E-state index contributed by atoms with van der Waals surface area (Å²) < 4.78 is 104. The Morgan fingerprint density at radius 2 is 1.34 bits per heavy atom. The average molecular weight is 759 g/mol. The second-order valence-electron chi connectivity index (χ2n) is 8.30. The molecular weight excluding hydrogens is 737 g/mol. The molecule has 0 fully saturated rings. The van der Waals surface area contributed by atoms with Crippen LogP contribution in [-0.2, 0) is 53.0 Å². The molecule has 21 nitrogen and oxygen atoms in total. The molecule has 256 valence electrons. The van der Waals surface area contributed by atoms with E-state index in [9.17, 15) is 29.8 Å². The minimum absolute atomic E-state index is 0.0300. The third-order valence-electron chi connectivity index (χ3n) is 5.36. The van der Waals surface area contributed by atoms with Crippen molar-refractivity contribution in [3.8, 4) is 0 Å². The van der Waals surface area contributed by atoms with Gasteiger partial charge in [0.2, 0.25) is 0 Å². The van der Waals surface area contributed by atoms with Crippen molar-refractivity contribution < 1.29 is 67.8 Å². The number of hydrogen-bond donors (Lipinski definition) is 6. The SMILES string of the molecule is Nc1c(S(=O)(=O)O)cc(N=Nc2ccc(S(=O)(=O)CCOSOOO)cc2)c(NCSOOO)c1N=Nc1ccc(S(=O)(=O)O)cc1. The zero-order valence-corrected chi connectivity index (χ0v) is 27.1. The Labute approximate surface area is 274 Å². The summed E-state index contributed by atoms with van der Waals surface area (Å²) in [5.41, 5.74) is 4.75. The van der Waals surface area contributed by atoms with Crippen LogP contribution in [-0.4, -0.2) is 63.1 Å². The predicted molar refractivity (Wildman–Crippen MR) is 163 cm³/mol. The van der Waals surface area contributed by atoms with E-state index < -0.39 is 57.0 Å². The molecule has 3 aromatic rings. The molecule has 47 heavy (non-hydrogen) atoms. The maximum absolute atomic E-state index is 12.5. The van der Waals surface area contributed by atoms with Gasteiger partial charge in [-0.05, 0) is 54.6 Å². The first-order valence-corrected chi connectivity index (χ1v) is 18.1. The van der Waals surface area contributed by atoms with E-state index in [0.717, 1.165) is 18.2 Å². The first-order chi connectivity index (χ1) is 22.2. The monoisotopic (exact) mass is 758 g/mol. The molecule has 0 saturated heterocycles. The van der Waals surface area contributed by atoms with Crippen molar-refractivity contribution in [2.75, 3.05) is 29.3 Å². The van der Waals surface area contributed by atoms with Gasteiger partial charge in [0.15, 0.2) is 22.2 Å². The summed E-state index contributed by atoms with van der Waals surface area (Å²) in [7, 11) is -13.3. The van der Waals surface area contributed by atoms with Crippen molar-refractivity contribution >= 4 is 88.6 Å². The highest BCUT2D eigenvalue weighted by molar-refractivity contribution is 7.94. The maximum atomic E-state index is 12.5. The second kappa shape index (κ2) is 17.2. The van der Waals surface area contributed by atoms with Crippen LogP contribution >= 0.6 is 24.4 Å². The Morgan fingerprint density at radius 3 is 1.89 bits per heavy atom. The second-order valence-corrected chi connectivity index (χ2v) is 14.4. The maximum Gasteiger partial charge on any atom is 0.296 e. The zero-order valence-electron chi connectivity index (χ0n) is 23.0. The van der Waals surface area contributed by atoms with Crippen LogP contribution in [0.5, 0.6) is 0 Å². The van der Waals surface area contributed by atoms with E-state index in [4.69, 9.17) is 25.0 Å². The molecule has 3 rings (SSSR count). The van der Waals surface area contributed by atoms with Crippen molar-refractivity contribution in [3.63, 3.8) is 0 Å². The number of hydrogen-bond acceptors (Lipinski definition) is 21. The topological polar surface area (TPSA) is 317 Å². The van der Waals surface area contributed by atoms with Crippen molar-refractivity contribution in [3.05, 3.63) is 54.6 Å². The zero-order chi connectivity index (χ0) is 34.7. The summed E-state index contributed by atoms with van der Waals surface area (Å²) in [5, 5.41) is 41.8. The lowest BCUT2D eigenvalue weighted by molar-refractivity contribution is -0.434. The molecule has 0 atom stereocenters. The fourth-order valence-electron chi connectivity index (χ4n) is 3.32. The number of benzene rings is 3. The van der Waals surface area contributed by atoms with E-state index in [-0.39, 0.29) is 52.5 Å². The van der Waals surface area contributed by atoms with E-state index in [0.29, 0.717) is 12.0 Å². The van der Waals surface area contributed by atoms with Crippen molar-refractivity contribution in [1.82, 2.24) is 0 Å². The number of rotatable bonds is 18. The minimum atomic E-state index is -4.99. The first-order valence-electron chi connectivity index (χ1n) is 11.9. The van der Waals surface area contributed by atoms with Crippen molar-refractivity contribution in [2.24, 2.45) is 20.5 Å². The van der Waals surface area contributed by atoms with E-state index in [1.54, 1.807) is 0 Å². The summed E-state index contributed by atoms with van der Waals surface area (Å²) in [6.07, 6.45) is 0. The molecule has 0 unspecified atom stereocenters. The van der Waals surface area contributed by atoms with Gasteiger partial charge in [-0.25, -0.2) is 18.9 Å². The Kier molecular flexibility index (Phi) is 13.9. The first kappa shape index (κ1) is 38.1. The van der Waals surface area contributed by atoms with Crippen LogP contribution in [0, 0.1) is 0 Å². The van der Waals surface area contributed by atoms with Crippen molar-refractivity contribution in [2.45, 2.75) is 14.7 Å². The number of nitrogens with one attached hydrogen (secondary N) is 1. The number of nitrogens with zero attached hydrogens (tertiary/aromatic N) is 4. The molecule has 0 saturated carbocycles. The van der Waals surface area contributed by atoms with Gasteiger partial charge in [-0.3, -0.25) is 13.3 Å². The highest BCUT2D eigenvalue weighted by Gasteiger charge is 2.24. The van der Waals surface area contributed by atoms with Crippen LogP contribution in [0.15, 0.2) is 89.7 Å². The molecule has 0 aliphatic rings. The smallest absolute Gasteiger partial charge is 0.296 e. The molecule has 0 aliphatic carbocycles. The number of nitrogen functional groups attached to an aromatic ring is 1. The minimum Gasteiger partial charge on any atom is -0.396 e. The lowest BCUT2D eigenvalue weighted by Crippen LogP contribution is -2.10. The summed E-state index contributed by atoms with van der Waals surface area (Å²) in [6, 6.07) is 10.2. The molecule has 7 N–H and O–H groups in total. The summed E-state index contributed by atoms with van der Waals surface area (Å²) in [6.45, 7) is -0.315. The third kappa shape index (κ3) is 11.4. The van der Waals surface area contributed by atoms with Crippen LogP contribution in [0.3, 0.4) is 0 Å². The Bertz CT molecular complexity index is 1910. The van der Waals surface area contributed by atoms with E-state index in [1.807, 2.05) is 0 Å². The number of anilines is 2. The predicted octanol–water partition coefficient (Wildman–Crippen LogP) is 4.81. The fourth-order valence-corrected chi connectivity index (χ4v) is 6.14. The summed E-state index contributed by atoms with van der Waals surface area (Å²) in [5.74, 6) is -0.674. The van der Waals surface area contributed by atoms with Crippen LogP contribution in [0.2, 0.25) is 0 Å². The molecule has 0 aliphatic heterocycles. The highest BCUT2D eigenvalue weighted by atomic mass is 32.2. The molecule has 3 aromatic carbocycles. The van der Waals surface area contributed by atoms with Gasteiger partial charge in [0.05, 0.1) is 62.8 Å². The van der Waals surface area contributed by atoms with Gasteiger partial charge in [0.1, 0.15) is 16.3 Å². The Morgan fingerprint density at radius 1 is 0.766 bits per heavy atom. The van der Waals surface area contributed by atoms with Crippen LogP contribution in [0.1, 0.15) is 0 Å². The number of azo groups is 2. The highest BCUT2D eigenvalue weighted by Crippen LogP contribution is 2.45. The molecule has 0 radical (unpaired) electrons. The van der Waals surface area contributed by atoms with Gasteiger partial charge >= 0.3 is 0 Å². The van der Waals surface area contributed by atoms with Gasteiger partial charge in [0.25, 0.3) is 20.2 Å². The largest absolute Gasteiger partial charge is 0.396 e. The van der Waals surface area contributed by atoms with E-state index >= 15 is 0 Å². The van der Waals surface area contributed by atoms with Gasteiger partial charge in [-0.1, -0.05) is 10.1 Å². The number of sulfone groups is 1. The molecule has 0 heterocycles. The molecule has 0 spiro atoms. The molecule has 0 aromatic heterocycles. The van der Waals surface area contributed by atoms with E-state index in [2.05, 4.69) is 44.5 Å². The van der Waals surface area contributed by atoms with Gasteiger partial charge in [-0.15, -0.1) is 18.9 Å². The van der Waals surface area contributed by atoms with Crippen LogP contribution in [0.25, 0.3) is 0 Å². The quantitative estimate of drug-likeness (QED) is 0.0148. The van der Waals surface area contributed by atoms with Crippen LogP contribution in [0.4, 0.5) is 34.1 Å². The number of nitrogens with two attached hydrogens (primary N) is 1. The van der Waals surface area contributed by atoms with Gasteiger partial charge in [0, 0.05) is 0 Å². The summed E-state index contributed by atoms with van der Waals surface area (Å²) >= 11 is 0.734. The standard InChI is InChI=1S/C21H22N6O15S5/c22-19-18(47(35,36)37)11-17(26-24-13-1-5-15(6-2-13)45(30,31)10-9-38-44-42-40-29)20(23-12-43-41-39-28)21(19)27-25-14-3-7-16(8-4-14)46(32,33)34/h1-8,11,23,28-29H,9-10,12,22H2,(H,32,33,34)(H,35,36,37). The Balaban J connectivity index is 2.02. The molecule has 26 heteroatoms. The molecular formula is C21H22N6O15S5. The van der Waals surface area contributed by atoms with Gasteiger partial charge in [-0.2, -0.15) is 27.1 Å². The van der Waals surface area contributed by atoms with Crippen molar-refractivity contribution in [1.29, 1.82) is 0 Å². The van der Waals surface area contributed by atoms with Gasteiger partial charge < -0.3 is 11.1 Å². The fraction of sp³-hybridized carbons (Fsp3) is 0.143. The molecule has 0 bridgehead atoms. The summed E-state index contributed by atoms with van der Waals surface area (Å²) in [4.78, 5) is -1.38. The lowest BCUT2D eigenvalue weighted by atomic mass is 10.2. The van der Waals surface area contributed by atoms with E-state index in [1.165, 1.54) is 36.4 Å². The van der Waals surface area contributed by atoms with Crippen LogP contribution < -0.4 is 11.1 Å². The Hall–Kier alpha value is -3.35. The average Bonchev–Trinajstić information content (AvgIpc) is 3.01. The normalized spacial score (nSPS) is 12.7. The third-order valence-corrected chi connectivity index (χ3v) is 9.61.